The Kier molecular flexibility index (Phi) is 4.06. The van der Waals surface area contributed by atoms with Gasteiger partial charge in [0, 0.05) is 10.6 Å². The first-order valence-corrected chi connectivity index (χ1v) is 4.82. The number of hydrogen-bond donors (Lipinski definition) is 4. The maximum atomic E-state index is 10.6. The molecule has 0 heterocycles. The van der Waals surface area contributed by atoms with Crippen LogP contribution in [0.15, 0.2) is 12.1 Å². The maximum absolute atomic E-state index is 10.6. The molecule has 1 aromatic rings. The molecule has 0 aliphatic heterocycles. The fourth-order valence-electron chi connectivity index (χ4n) is 1.26. The Morgan fingerprint density at radius 1 is 1.35 bits per heavy atom. The van der Waals surface area contributed by atoms with Gasteiger partial charge in [0.2, 0.25) is 0 Å². The van der Waals surface area contributed by atoms with Crippen LogP contribution in [0.3, 0.4) is 0 Å². The SMILES string of the molecule is O=Cc1cc(Cl)cc(C(O)C(O)C(=O)O)c1O. The maximum Gasteiger partial charge on any atom is 0.335 e. The highest BCUT2D eigenvalue weighted by Gasteiger charge is 2.28. The van der Waals surface area contributed by atoms with E-state index in [2.05, 4.69) is 0 Å². The van der Waals surface area contributed by atoms with Gasteiger partial charge in [0.05, 0.1) is 5.56 Å². The van der Waals surface area contributed by atoms with Crippen LogP contribution >= 0.6 is 11.6 Å². The van der Waals surface area contributed by atoms with E-state index in [0.29, 0.717) is 6.29 Å². The predicted molar refractivity (Wildman–Crippen MR) is 57.1 cm³/mol. The number of aromatic hydroxyl groups is 1. The summed E-state index contributed by atoms with van der Waals surface area (Å²) < 4.78 is 0. The lowest BCUT2D eigenvalue weighted by Gasteiger charge is -2.16. The highest BCUT2D eigenvalue weighted by atomic mass is 35.5. The monoisotopic (exact) mass is 260 g/mol. The first-order chi connectivity index (χ1) is 7.88. The van der Waals surface area contributed by atoms with Gasteiger partial charge in [0.1, 0.15) is 11.9 Å². The molecular weight excluding hydrogens is 252 g/mol. The van der Waals surface area contributed by atoms with Crippen molar-refractivity contribution in [3.05, 3.63) is 28.3 Å². The summed E-state index contributed by atoms with van der Waals surface area (Å²) in [6.07, 6.45) is -3.71. The number of aliphatic carboxylic acids is 1. The molecule has 0 amide bonds. The van der Waals surface area contributed by atoms with Crippen molar-refractivity contribution < 1.29 is 30.0 Å². The first kappa shape index (κ1) is 13.4. The summed E-state index contributed by atoms with van der Waals surface area (Å²) in [4.78, 5) is 21.0. The fourth-order valence-corrected chi connectivity index (χ4v) is 1.50. The minimum Gasteiger partial charge on any atom is -0.507 e. The average Bonchev–Trinajstić information content (AvgIpc) is 2.29. The van der Waals surface area contributed by atoms with Crippen LogP contribution in [0.25, 0.3) is 0 Å². The number of benzene rings is 1. The van der Waals surface area contributed by atoms with E-state index < -0.39 is 23.9 Å². The van der Waals surface area contributed by atoms with E-state index >= 15 is 0 Å². The smallest absolute Gasteiger partial charge is 0.335 e. The number of aldehydes is 1. The summed E-state index contributed by atoms with van der Waals surface area (Å²) in [6.45, 7) is 0. The summed E-state index contributed by atoms with van der Waals surface area (Å²) in [6, 6.07) is 2.22. The van der Waals surface area contributed by atoms with Gasteiger partial charge in [-0.15, -0.1) is 0 Å². The Bertz CT molecular complexity index is 458. The second kappa shape index (κ2) is 5.13. The van der Waals surface area contributed by atoms with Gasteiger partial charge in [-0.05, 0) is 12.1 Å². The van der Waals surface area contributed by atoms with Crippen molar-refractivity contribution >= 4 is 23.9 Å². The largest absolute Gasteiger partial charge is 0.507 e. The molecule has 0 bridgehead atoms. The lowest BCUT2D eigenvalue weighted by molar-refractivity contribution is -0.153. The van der Waals surface area contributed by atoms with Crippen LogP contribution in [0.4, 0.5) is 0 Å². The molecule has 0 radical (unpaired) electrons. The Labute approximate surface area is 101 Å². The predicted octanol–water partition coefficient (Wildman–Crippen LogP) is 0.337. The molecule has 1 rings (SSSR count). The van der Waals surface area contributed by atoms with Crippen LogP contribution in [0, 0.1) is 0 Å². The zero-order chi connectivity index (χ0) is 13.2. The van der Waals surface area contributed by atoms with E-state index in [4.69, 9.17) is 21.8 Å². The molecule has 2 atom stereocenters. The van der Waals surface area contributed by atoms with Gasteiger partial charge in [-0.25, -0.2) is 4.79 Å². The number of rotatable bonds is 4. The first-order valence-electron chi connectivity index (χ1n) is 4.45. The topological polar surface area (TPSA) is 115 Å². The molecule has 0 saturated heterocycles. The Morgan fingerprint density at radius 2 is 1.94 bits per heavy atom. The molecule has 92 valence electrons. The molecule has 0 saturated carbocycles. The quantitative estimate of drug-likeness (QED) is 0.580. The lowest BCUT2D eigenvalue weighted by atomic mass is 10.0. The normalized spacial score (nSPS) is 14.1. The van der Waals surface area contributed by atoms with Gasteiger partial charge in [0.25, 0.3) is 0 Å². The number of carbonyl (C=O) groups is 2. The van der Waals surface area contributed by atoms with Crippen LogP contribution in [0.1, 0.15) is 22.0 Å². The molecule has 0 aliphatic carbocycles. The summed E-state index contributed by atoms with van der Waals surface area (Å²) >= 11 is 5.62. The van der Waals surface area contributed by atoms with Gasteiger partial charge in [-0.2, -0.15) is 0 Å². The molecule has 0 aromatic heterocycles. The highest BCUT2D eigenvalue weighted by molar-refractivity contribution is 6.31. The number of hydrogen-bond acceptors (Lipinski definition) is 5. The summed E-state index contributed by atoms with van der Waals surface area (Å²) in [5.41, 5.74) is -0.529. The zero-order valence-electron chi connectivity index (χ0n) is 8.37. The Hall–Kier alpha value is -1.63. The van der Waals surface area contributed by atoms with Gasteiger partial charge >= 0.3 is 5.97 Å². The Morgan fingerprint density at radius 3 is 2.41 bits per heavy atom. The third-order valence-electron chi connectivity index (χ3n) is 2.13. The van der Waals surface area contributed by atoms with Crippen LogP contribution in [0.5, 0.6) is 5.75 Å². The number of halogens is 1. The molecular formula is C10H9ClO6. The van der Waals surface area contributed by atoms with Crippen molar-refractivity contribution in [3.63, 3.8) is 0 Å². The van der Waals surface area contributed by atoms with Crippen LogP contribution in [-0.4, -0.2) is 38.8 Å². The number of carboxylic acid groups (broad SMARTS) is 1. The van der Waals surface area contributed by atoms with E-state index in [1.807, 2.05) is 0 Å². The molecule has 17 heavy (non-hydrogen) atoms. The van der Waals surface area contributed by atoms with E-state index in [-0.39, 0.29) is 16.1 Å². The van der Waals surface area contributed by atoms with E-state index in [1.165, 1.54) is 0 Å². The van der Waals surface area contributed by atoms with Crippen LogP contribution in [0.2, 0.25) is 5.02 Å². The van der Waals surface area contributed by atoms with Gasteiger partial charge in [-0.1, -0.05) is 11.6 Å². The van der Waals surface area contributed by atoms with Gasteiger partial charge in [0.15, 0.2) is 12.4 Å². The van der Waals surface area contributed by atoms with Crippen LogP contribution in [-0.2, 0) is 4.79 Å². The summed E-state index contributed by atoms with van der Waals surface area (Å²) in [7, 11) is 0. The molecule has 2 unspecified atom stereocenters. The van der Waals surface area contributed by atoms with Crippen molar-refractivity contribution in [2.24, 2.45) is 0 Å². The average molecular weight is 261 g/mol. The van der Waals surface area contributed by atoms with Crippen molar-refractivity contribution in [2.75, 3.05) is 0 Å². The van der Waals surface area contributed by atoms with Crippen molar-refractivity contribution in [3.8, 4) is 5.75 Å². The molecule has 4 N–H and O–H groups in total. The second-order valence-electron chi connectivity index (χ2n) is 3.28. The molecule has 0 fully saturated rings. The van der Waals surface area contributed by atoms with E-state index in [0.717, 1.165) is 12.1 Å². The van der Waals surface area contributed by atoms with Crippen molar-refractivity contribution in [1.82, 2.24) is 0 Å². The molecule has 0 spiro atoms. The molecule has 1 aromatic carbocycles. The van der Waals surface area contributed by atoms with Crippen molar-refractivity contribution in [1.29, 1.82) is 0 Å². The minimum absolute atomic E-state index is 0.0246. The Balaban J connectivity index is 3.26. The zero-order valence-corrected chi connectivity index (χ0v) is 9.13. The third-order valence-corrected chi connectivity index (χ3v) is 2.35. The molecule has 6 nitrogen and oxygen atoms in total. The number of phenolic OH excluding ortho intramolecular Hbond substituents is 1. The number of phenols is 1. The highest BCUT2D eigenvalue weighted by Crippen LogP contribution is 2.32. The van der Waals surface area contributed by atoms with E-state index in [9.17, 15) is 19.8 Å². The number of aliphatic hydroxyl groups excluding tert-OH is 2. The molecule has 7 heteroatoms. The number of aliphatic hydroxyl groups is 2. The number of carboxylic acids is 1. The van der Waals surface area contributed by atoms with Crippen molar-refractivity contribution in [2.45, 2.75) is 12.2 Å². The standard InChI is InChI=1S/C10H9ClO6/c11-5-1-4(3-12)7(13)6(2-5)8(14)9(15)10(16)17/h1-3,8-9,13-15H,(H,16,17). The molecule has 0 aliphatic rings. The summed E-state index contributed by atoms with van der Waals surface area (Å²) in [5, 5.41) is 36.7. The fraction of sp³-hybridized carbons (Fsp3) is 0.200. The third kappa shape index (κ3) is 2.73. The minimum atomic E-state index is -2.13. The number of carbonyl (C=O) groups excluding carboxylic acids is 1. The lowest BCUT2D eigenvalue weighted by Crippen LogP contribution is -2.27. The van der Waals surface area contributed by atoms with Crippen LogP contribution < -0.4 is 0 Å². The summed E-state index contributed by atoms with van der Waals surface area (Å²) in [5.74, 6) is -2.28. The second-order valence-corrected chi connectivity index (χ2v) is 3.72. The van der Waals surface area contributed by atoms with Gasteiger partial charge < -0.3 is 20.4 Å². The van der Waals surface area contributed by atoms with Gasteiger partial charge in [-0.3, -0.25) is 4.79 Å². The van der Waals surface area contributed by atoms with E-state index in [1.54, 1.807) is 0 Å².